The van der Waals surface area contributed by atoms with Crippen molar-refractivity contribution in [3.05, 3.63) is 35.2 Å². The molecule has 0 aliphatic carbocycles. The van der Waals surface area contributed by atoms with Gasteiger partial charge in [0.05, 0.1) is 11.4 Å². The summed E-state index contributed by atoms with van der Waals surface area (Å²) in [7, 11) is 0. The minimum Gasteiger partial charge on any atom is -0.374 e. The molecule has 2 aromatic heterocycles. The number of thiazole rings is 1. The van der Waals surface area contributed by atoms with Crippen molar-refractivity contribution in [2.24, 2.45) is 0 Å². The first-order valence-corrected chi connectivity index (χ1v) is 9.12. The number of anilines is 2. The highest BCUT2D eigenvalue weighted by atomic mass is 32.2. The molecule has 0 spiro atoms. The lowest BCUT2D eigenvalue weighted by molar-refractivity contribution is -0.113. The first kappa shape index (κ1) is 16.7. The monoisotopic (exact) mass is 385 g/mol. The van der Waals surface area contributed by atoms with Crippen LogP contribution in [0.15, 0.2) is 27.9 Å². The van der Waals surface area contributed by atoms with Gasteiger partial charge < -0.3 is 11.1 Å². The van der Waals surface area contributed by atoms with Crippen LogP contribution in [0.4, 0.5) is 19.0 Å². The van der Waals surface area contributed by atoms with Crippen LogP contribution in [0.25, 0.3) is 11.3 Å². The number of thioether (sulfide) groups is 1. The van der Waals surface area contributed by atoms with Gasteiger partial charge in [0.25, 0.3) is 0 Å². The summed E-state index contributed by atoms with van der Waals surface area (Å²) in [6.45, 7) is 0. The highest BCUT2D eigenvalue weighted by Gasteiger charge is 2.13. The van der Waals surface area contributed by atoms with Gasteiger partial charge in [-0.15, -0.1) is 21.5 Å². The highest BCUT2D eigenvalue weighted by Crippen LogP contribution is 2.28. The molecular weight excluding hydrogens is 376 g/mol. The van der Waals surface area contributed by atoms with Crippen molar-refractivity contribution >= 4 is 50.6 Å². The fourth-order valence-corrected chi connectivity index (χ4v) is 3.87. The molecule has 0 aliphatic heterocycles. The first-order valence-electron chi connectivity index (χ1n) is 6.44. The van der Waals surface area contributed by atoms with Crippen LogP contribution >= 0.6 is 34.4 Å². The van der Waals surface area contributed by atoms with E-state index in [1.165, 1.54) is 23.1 Å². The maximum atomic E-state index is 13.7. The summed E-state index contributed by atoms with van der Waals surface area (Å²) < 4.78 is 27.5. The number of benzene rings is 1. The molecular formula is C13H9F2N5OS3. The van der Waals surface area contributed by atoms with Gasteiger partial charge >= 0.3 is 0 Å². The van der Waals surface area contributed by atoms with E-state index in [4.69, 9.17) is 5.73 Å². The van der Waals surface area contributed by atoms with E-state index in [2.05, 4.69) is 20.5 Å². The molecule has 1 aromatic carbocycles. The molecule has 0 unspecified atom stereocenters. The summed E-state index contributed by atoms with van der Waals surface area (Å²) in [4.78, 5) is 16.0. The number of nitrogens with two attached hydrogens (primary N) is 1. The van der Waals surface area contributed by atoms with E-state index < -0.39 is 11.6 Å². The number of rotatable bonds is 5. The Morgan fingerprint density at radius 2 is 2.17 bits per heavy atom. The van der Waals surface area contributed by atoms with Gasteiger partial charge in [-0.25, -0.2) is 13.8 Å². The normalized spacial score (nSPS) is 10.8. The third-order valence-electron chi connectivity index (χ3n) is 2.70. The van der Waals surface area contributed by atoms with E-state index in [0.717, 1.165) is 29.5 Å². The molecule has 0 bridgehead atoms. The summed E-state index contributed by atoms with van der Waals surface area (Å²) in [6.07, 6.45) is 0. The highest BCUT2D eigenvalue weighted by molar-refractivity contribution is 8.01. The number of hydrogen-bond donors (Lipinski definition) is 2. The van der Waals surface area contributed by atoms with E-state index in [-0.39, 0.29) is 22.9 Å². The number of nitrogen functional groups attached to an aromatic ring is 1. The number of nitrogens with zero attached hydrogens (tertiary/aromatic N) is 3. The lowest BCUT2D eigenvalue weighted by Gasteiger charge is -2.00. The molecule has 0 saturated heterocycles. The third-order valence-corrected chi connectivity index (χ3v) is 5.35. The quantitative estimate of drug-likeness (QED) is 0.655. The number of hydrogen-bond acceptors (Lipinski definition) is 8. The Morgan fingerprint density at radius 1 is 1.33 bits per heavy atom. The lowest BCUT2D eigenvalue weighted by Crippen LogP contribution is -2.13. The predicted molar refractivity (Wildman–Crippen MR) is 91.1 cm³/mol. The van der Waals surface area contributed by atoms with Crippen molar-refractivity contribution in [2.75, 3.05) is 16.8 Å². The van der Waals surface area contributed by atoms with Gasteiger partial charge in [0.15, 0.2) is 9.47 Å². The van der Waals surface area contributed by atoms with Gasteiger partial charge in [0.1, 0.15) is 11.6 Å². The summed E-state index contributed by atoms with van der Waals surface area (Å²) >= 11 is 3.51. The molecule has 3 N–H and O–H groups in total. The number of amides is 1. The second-order valence-corrected chi connectivity index (χ2v) is 7.49. The number of halogens is 2. The first-order chi connectivity index (χ1) is 11.5. The van der Waals surface area contributed by atoms with Gasteiger partial charge in [0.2, 0.25) is 11.0 Å². The van der Waals surface area contributed by atoms with Crippen LogP contribution in [0.2, 0.25) is 0 Å². The second-order valence-electron chi connectivity index (χ2n) is 4.41. The fraction of sp³-hybridized carbons (Fsp3) is 0.0769. The standard InChI is InChI=1S/C13H9F2N5OS3/c14-6-1-2-8(15)7(3-6)9-4-22-12(17-9)18-10(21)5-23-13-20-19-11(16)24-13/h1-4H,5H2,(H2,16,19)(H,17,18,21). The fourth-order valence-electron chi connectivity index (χ4n) is 1.71. The predicted octanol–water partition coefficient (Wildman–Crippen LogP) is 3.25. The zero-order valence-electron chi connectivity index (χ0n) is 11.8. The maximum Gasteiger partial charge on any atom is 0.236 e. The van der Waals surface area contributed by atoms with Crippen molar-refractivity contribution in [2.45, 2.75) is 4.34 Å². The zero-order valence-corrected chi connectivity index (χ0v) is 14.3. The topological polar surface area (TPSA) is 93.8 Å². The maximum absolute atomic E-state index is 13.7. The average molecular weight is 385 g/mol. The van der Waals surface area contributed by atoms with Gasteiger partial charge in [0, 0.05) is 10.9 Å². The van der Waals surface area contributed by atoms with Gasteiger partial charge in [-0.1, -0.05) is 23.1 Å². The van der Waals surface area contributed by atoms with Crippen molar-refractivity contribution in [1.82, 2.24) is 15.2 Å². The zero-order chi connectivity index (χ0) is 17.1. The summed E-state index contributed by atoms with van der Waals surface area (Å²) in [5.74, 6) is -1.33. The number of carbonyl (C=O) groups excluding carboxylic acids is 1. The minimum atomic E-state index is -0.580. The van der Waals surface area contributed by atoms with Crippen molar-refractivity contribution in [3.8, 4) is 11.3 Å². The Balaban J connectivity index is 1.63. The van der Waals surface area contributed by atoms with Gasteiger partial charge in [-0.05, 0) is 18.2 Å². The van der Waals surface area contributed by atoms with Crippen LogP contribution < -0.4 is 11.1 Å². The molecule has 11 heteroatoms. The van der Waals surface area contributed by atoms with Gasteiger partial charge in [-0.2, -0.15) is 0 Å². The number of nitrogens with one attached hydrogen (secondary N) is 1. The van der Waals surface area contributed by atoms with E-state index in [0.29, 0.717) is 14.6 Å². The van der Waals surface area contributed by atoms with E-state index >= 15 is 0 Å². The van der Waals surface area contributed by atoms with Crippen LogP contribution in [0.5, 0.6) is 0 Å². The number of aromatic nitrogens is 3. The van der Waals surface area contributed by atoms with Gasteiger partial charge in [-0.3, -0.25) is 4.79 Å². The largest absolute Gasteiger partial charge is 0.374 e. The van der Waals surface area contributed by atoms with Crippen molar-refractivity contribution < 1.29 is 13.6 Å². The third kappa shape index (κ3) is 4.04. The molecule has 124 valence electrons. The summed E-state index contributed by atoms with van der Waals surface area (Å²) in [5.41, 5.74) is 5.76. The second kappa shape index (κ2) is 7.20. The molecule has 24 heavy (non-hydrogen) atoms. The smallest absolute Gasteiger partial charge is 0.236 e. The van der Waals surface area contributed by atoms with Crippen LogP contribution in [0.3, 0.4) is 0 Å². The average Bonchev–Trinajstić information content (AvgIpc) is 3.17. The van der Waals surface area contributed by atoms with Crippen LogP contribution in [-0.2, 0) is 4.79 Å². The molecule has 0 saturated carbocycles. The Morgan fingerprint density at radius 3 is 2.92 bits per heavy atom. The Kier molecular flexibility index (Phi) is 5.02. The molecule has 2 heterocycles. The van der Waals surface area contributed by atoms with E-state index in [1.807, 2.05) is 0 Å². The molecule has 0 radical (unpaired) electrons. The summed E-state index contributed by atoms with van der Waals surface area (Å²) in [6, 6.07) is 3.13. The minimum absolute atomic E-state index is 0.0467. The Bertz CT molecular complexity index is 882. The van der Waals surface area contributed by atoms with E-state index in [9.17, 15) is 13.6 Å². The van der Waals surface area contributed by atoms with Crippen molar-refractivity contribution in [3.63, 3.8) is 0 Å². The molecule has 6 nitrogen and oxygen atoms in total. The lowest BCUT2D eigenvalue weighted by atomic mass is 10.1. The SMILES string of the molecule is Nc1nnc(SCC(=O)Nc2nc(-c3cc(F)ccc3F)cs2)s1. The van der Waals surface area contributed by atoms with Crippen LogP contribution in [0, 0.1) is 11.6 Å². The molecule has 3 rings (SSSR count). The van der Waals surface area contributed by atoms with Crippen LogP contribution in [-0.4, -0.2) is 26.8 Å². The Labute approximate surface area is 147 Å². The molecule has 1 amide bonds. The van der Waals surface area contributed by atoms with Crippen LogP contribution in [0.1, 0.15) is 0 Å². The molecule has 3 aromatic rings. The van der Waals surface area contributed by atoms with Crippen molar-refractivity contribution in [1.29, 1.82) is 0 Å². The molecule has 0 fully saturated rings. The Hall–Kier alpha value is -2.11. The van der Waals surface area contributed by atoms with E-state index in [1.54, 1.807) is 5.38 Å². The molecule has 0 aliphatic rings. The number of carbonyl (C=O) groups is 1. The molecule has 0 atom stereocenters. The summed E-state index contributed by atoms with van der Waals surface area (Å²) in [5, 5.41) is 12.2.